The van der Waals surface area contributed by atoms with Gasteiger partial charge in [0.05, 0.1) is 13.2 Å². The zero-order valence-corrected chi connectivity index (χ0v) is 11.2. The summed E-state index contributed by atoms with van der Waals surface area (Å²) in [5.41, 5.74) is 7.86. The van der Waals surface area contributed by atoms with Crippen molar-refractivity contribution in [1.82, 2.24) is 0 Å². The SMILES string of the molecule is COc1ccc([C@@H]2[C@@H](N)C(=O)N2c2ccccc2)cc1. The molecule has 102 valence electrons. The van der Waals surface area contributed by atoms with Crippen LogP contribution in [-0.2, 0) is 4.79 Å². The molecule has 2 atom stereocenters. The highest BCUT2D eigenvalue weighted by Gasteiger charge is 2.46. The summed E-state index contributed by atoms with van der Waals surface area (Å²) < 4.78 is 5.15. The van der Waals surface area contributed by atoms with E-state index in [0.717, 1.165) is 17.0 Å². The summed E-state index contributed by atoms with van der Waals surface area (Å²) in [7, 11) is 1.63. The lowest BCUT2D eigenvalue weighted by molar-refractivity contribution is -0.126. The van der Waals surface area contributed by atoms with Crippen LogP contribution in [0.5, 0.6) is 5.75 Å². The predicted octanol–water partition coefficient (Wildman–Crippen LogP) is 2.11. The molecule has 0 saturated carbocycles. The third-order valence-corrected chi connectivity index (χ3v) is 3.63. The second kappa shape index (κ2) is 4.98. The van der Waals surface area contributed by atoms with E-state index in [1.165, 1.54) is 0 Å². The van der Waals surface area contributed by atoms with Crippen LogP contribution in [0.2, 0.25) is 0 Å². The molecular weight excluding hydrogens is 252 g/mol. The van der Waals surface area contributed by atoms with Crippen molar-refractivity contribution >= 4 is 11.6 Å². The molecule has 0 aliphatic carbocycles. The van der Waals surface area contributed by atoms with Gasteiger partial charge in [0.15, 0.2) is 0 Å². The van der Waals surface area contributed by atoms with Gasteiger partial charge in [0.1, 0.15) is 11.8 Å². The van der Waals surface area contributed by atoms with Gasteiger partial charge in [0.25, 0.3) is 0 Å². The van der Waals surface area contributed by atoms with E-state index in [0.29, 0.717) is 0 Å². The summed E-state index contributed by atoms with van der Waals surface area (Å²) in [6.07, 6.45) is 0. The molecule has 2 aromatic rings. The normalized spacial score (nSPS) is 21.5. The molecular formula is C16H16N2O2. The second-order valence-electron chi connectivity index (χ2n) is 4.79. The summed E-state index contributed by atoms with van der Waals surface area (Å²) in [6.45, 7) is 0. The van der Waals surface area contributed by atoms with Crippen molar-refractivity contribution in [2.75, 3.05) is 12.0 Å². The summed E-state index contributed by atoms with van der Waals surface area (Å²) in [5.74, 6) is 0.747. The Balaban J connectivity index is 1.92. The van der Waals surface area contributed by atoms with Crippen LogP contribution >= 0.6 is 0 Å². The number of amides is 1. The minimum absolute atomic E-state index is 0.0444. The van der Waals surface area contributed by atoms with Crippen molar-refractivity contribution in [3.63, 3.8) is 0 Å². The number of rotatable bonds is 3. The van der Waals surface area contributed by atoms with E-state index in [9.17, 15) is 4.79 Å². The molecule has 20 heavy (non-hydrogen) atoms. The van der Waals surface area contributed by atoms with Gasteiger partial charge in [0.2, 0.25) is 5.91 Å². The number of anilines is 1. The molecule has 2 N–H and O–H groups in total. The van der Waals surface area contributed by atoms with Crippen LogP contribution in [0.4, 0.5) is 5.69 Å². The molecule has 1 saturated heterocycles. The minimum atomic E-state index is -0.483. The highest BCUT2D eigenvalue weighted by molar-refractivity contribution is 6.05. The number of hydrogen-bond acceptors (Lipinski definition) is 3. The first-order valence-corrected chi connectivity index (χ1v) is 6.50. The van der Waals surface area contributed by atoms with Crippen LogP contribution < -0.4 is 15.4 Å². The van der Waals surface area contributed by atoms with Crippen molar-refractivity contribution < 1.29 is 9.53 Å². The van der Waals surface area contributed by atoms with Crippen LogP contribution in [0.1, 0.15) is 11.6 Å². The molecule has 4 heteroatoms. The number of ether oxygens (including phenoxy) is 1. The Labute approximate surface area is 117 Å². The molecule has 3 rings (SSSR count). The Hall–Kier alpha value is -2.33. The third kappa shape index (κ3) is 1.94. The molecule has 0 unspecified atom stereocenters. The first-order valence-electron chi connectivity index (χ1n) is 6.50. The number of nitrogens with two attached hydrogens (primary N) is 1. The van der Waals surface area contributed by atoms with Gasteiger partial charge in [-0.3, -0.25) is 4.79 Å². The molecule has 1 amide bonds. The maximum Gasteiger partial charge on any atom is 0.247 e. The van der Waals surface area contributed by atoms with Gasteiger partial charge >= 0.3 is 0 Å². The zero-order valence-electron chi connectivity index (χ0n) is 11.2. The maximum absolute atomic E-state index is 12.0. The number of nitrogens with zero attached hydrogens (tertiary/aromatic N) is 1. The second-order valence-corrected chi connectivity index (χ2v) is 4.79. The van der Waals surface area contributed by atoms with Crippen molar-refractivity contribution in [1.29, 1.82) is 0 Å². The van der Waals surface area contributed by atoms with Crippen LogP contribution in [0, 0.1) is 0 Å². The van der Waals surface area contributed by atoms with Gasteiger partial charge in [-0.1, -0.05) is 30.3 Å². The number of methoxy groups -OCH3 is 1. The largest absolute Gasteiger partial charge is 0.497 e. The van der Waals surface area contributed by atoms with Crippen LogP contribution in [0.25, 0.3) is 0 Å². The Morgan fingerprint density at radius 3 is 2.30 bits per heavy atom. The average molecular weight is 268 g/mol. The van der Waals surface area contributed by atoms with Crippen molar-refractivity contribution in [3.8, 4) is 5.75 Å². The number of hydrogen-bond donors (Lipinski definition) is 1. The van der Waals surface area contributed by atoms with Gasteiger partial charge in [-0.25, -0.2) is 0 Å². The Morgan fingerprint density at radius 2 is 1.70 bits per heavy atom. The lowest BCUT2D eigenvalue weighted by atomic mass is 9.88. The van der Waals surface area contributed by atoms with Crippen LogP contribution in [-0.4, -0.2) is 19.1 Å². The van der Waals surface area contributed by atoms with Crippen LogP contribution in [0.15, 0.2) is 54.6 Å². The fourth-order valence-electron chi connectivity index (χ4n) is 2.55. The van der Waals surface area contributed by atoms with Crippen molar-refractivity contribution in [2.24, 2.45) is 5.73 Å². The summed E-state index contributed by atoms with van der Waals surface area (Å²) in [5, 5.41) is 0. The first-order chi connectivity index (χ1) is 9.72. The van der Waals surface area contributed by atoms with Gasteiger partial charge in [0, 0.05) is 5.69 Å². The minimum Gasteiger partial charge on any atom is -0.497 e. The molecule has 0 radical (unpaired) electrons. The van der Waals surface area contributed by atoms with Crippen molar-refractivity contribution in [2.45, 2.75) is 12.1 Å². The fourth-order valence-corrected chi connectivity index (χ4v) is 2.55. The van der Waals surface area contributed by atoms with Gasteiger partial charge in [-0.2, -0.15) is 0 Å². The Morgan fingerprint density at radius 1 is 1.05 bits per heavy atom. The van der Waals surface area contributed by atoms with E-state index >= 15 is 0 Å². The molecule has 4 nitrogen and oxygen atoms in total. The molecule has 0 spiro atoms. The van der Waals surface area contributed by atoms with Crippen molar-refractivity contribution in [3.05, 3.63) is 60.2 Å². The average Bonchev–Trinajstić information content (AvgIpc) is 2.52. The number of carbonyl (C=O) groups excluding carboxylic acids is 1. The molecule has 1 aliphatic rings. The smallest absolute Gasteiger partial charge is 0.247 e. The molecule has 2 aromatic carbocycles. The lowest BCUT2D eigenvalue weighted by Gasteiger charge is -2.45. The van der Waals surface area contributed by atoms with E-state index in [1.807, 2.05) is 54.6 Å². The summed E-state index contributed by atoms with van der Waals surface area (Å²) in [6, 6.07) is 16.7. The third-order valence-electron chi connectivity index (χ3n) is 3.63. The Bertz CT molecular complexity index is 610. The number of benzene rings is 2. The Kier molecular flexibility index (Phi) is 3.16. The molecule has 1 aliphatic heterocycles. The number of carbonyl (C=O) groups is 1. The van der Waals surface area contributed by atoms with Gasteiger partial charge in [-0.15, -0.1) is 0 Å². The van der Waals surface area contributed by atoms with E-state index in [1.54, 1.807) is 12.0 Å². The summed E-state index contributed by atoms with van der Waals surface area (Å²) in [4.78, 5) is 13.8. The zero-order chi connectivity index (χ0) is 14.1. The molecule has 0 aromatic heterocycles. The van der Waals surface area contributed by atoms with Gasteiger partial charge in [-0.05, 0) is 29.8 Å². The highest BCUT2D eigenvalue weighted by atomic mass is 16.5. The monoisotopic (exact) mass is 268 g/mol. The lowest BCUT2D eigenvalue weighted by Crippen LogP contribution is -2.63. The van der Waals surface area contributed by atoms with E-state index in [4.69, 9.17) is 10.5 Å². The van der Waals surface area contributed by atoms with Crippen LogP contribution in [0.3, 0.4) is 0 Å². The highest BCUT2D eigenvalue weighted by Crippen LogP contribution is 2.38. The molecule has 1 heterocycles. The van der Waals surface area contributed by atoms with Gasteiger partial charge < -0.3 is 15.4 Å². The first kappa shape index (κ1) is 12.7. The molecule has 1 fully saturated rings. The van der Waals surface area contributed by atoms with E-state index < -0.39 is 6.04 Å². The predicted molar refractivity (Wildman–Crippen MR) is 77.6 cm³/mol. The summed E-state index contributed by atoms with van der Waals surface area (Å²) >= 11 is 0. The number of β-lactam (4-membered cyclic amide) rings is 1. The maximum atomic E-state index is 12.0. The molecule has 0 bridgehead atoms. The quantitative estimate of drug-likeness (QED) is 0.867. The van der Waals surface area contributed by atoms with E-state index in [2.05, 4.69) is 0 Å². The number of para-hydroxylation sites is 1. The van der Waals surface area contributed by atoms with E-state index in [-0.39, 0.29) is 11.9 Å². The topological polar surface area (TPSA) is 55.6 Å². The standard InChI is InChI=1S/C16H16N2O2/c1-20-13-9-7-11(8-10-13)15-14(17)16(19)18(15)12-5-3-2-4-6-12/h2-10,14-15H,17H2,1H3/t14-,15-/m1/s1. The fraction of sp³-hybridized carbons (Fsp3) is 0.188.